The molecule has 0 N–H and O–H groups in total. The smallest absolute Gasteiger partial charge is 0.124 e. The fourth-order valence-electron chi connectivity index (χ4n) is 1.79. The first-order valence-electron chi connectivity index (χ1n) is 4.83. The normalized spacial score (nSPS) is 10.2. The summed E-state index contributed by atoms with van der Waals surface area (Å²) in [6.07, 6.45) is 2.27. The predicted molar refractivity (Wildman–Crippen MR) is 56.5 cm³/mol. The van der Waals surface area contributed by atoms with Crippen LogP contribution in [0.25, 0.3) is 0 Å². The quantitative estimate of drug-likeness (QED) is 0.690. The van der Waals surface area contributed by atoms with Gasteiger partial charge >= 0.3 is 0 Å². The van der Waals surface area contributed by atoms with E-state index in [1.54, 1.807) is 7.11 Å². The minimum Gasteiger partial charge on any atom is -0.496 e. The van der Waals surface area contributed by atoms with Gasteiger partial charge in [-0.3, -0.25) is 0 Å². The Morgan fingerprint density at radius 1 is 1.23 bits per heavy atom. The molecule has 0 unspecified atom stereocenters. The highest BCUT2D eigenvalue weighted by Crippen LogP contribution is 2.25. The zero-order chi connectivity index (χ0) is 9.84. The van der Waals surface area contributed by atoms with Crippen LogP contribution in [0.3, 0.4) is 0 Å². The van der Waals surface area contributed by atoms with Crippen LogP contribution < -0.4 is 4.74 Å². The molecule has 0 heterocycles. The van der Waals surface area contributed by atoms with E-state index in [-0.39, 0.29) is 0 Å². The summed E-state index contributed by atoms with van der Waals surface area (Å²) in [4.78, 5) is 0. The molecular weight excluding hydrogens is 160 g/mol. The van der Waals surface area contributed by atoms with E-state index in [0.29, 0.717) is 0 Å². The molecule has 0 atom stereocenters. The first-order valence-corrected chi connectivity index (χ1v) is 4.83. The van der Waals surface area contributed by atoms with Crippen molar-refractivity contribution in [1.29, 1.82) is 0 Å². The van der Waals surface area contributed by atoms with E-state index >= 15 is 0 Å². The summed E-state index contributed by atoms with van der Waals surface area (Å²) >= 11 is 0. The van der Waals surface area contributed by atoms with Crippen LogP contribution in [0.5, 0.6) is 5.75 Å². The Balaban J connectivity index is 3.13. The molecule has 1 aromatic carbocycles. The van der Waals surface area contributed by atoms with Gasteiger partial charge in [0.1, 0.15) is 5.75 Å². The SMILES string of the molecule is CCCc1cc(C)cc(C)c1OC. The molecule has 0 aliphatic carbocycles. The number of rotatable bonds is 3. The maximum absolute atomic E-state index is 5.38. The van der Waals surface area contributed by atoms with Gasteiger partial charge < -0.3 is 4.74 Å². The highest BCUT2D eigenvalue weighted by molar-refractivity contribution is 5.43. The Kier molecular flexibility index (Phi) is 3.35. The number of benzene rings is 1. The van der Waals surface area contributed by atoms with Gasteiger partial charge in [0.25, 0.3) is 0 Å². The van der Waals surface area contributed by atoms with E-state index in [4.69, 9.17) is 4.74 Å². The lowest BCUT2D eigenvalue weighted by molar-refractivity contribution is 0.406. The van der Waals surface area contributed by atoms with E-state index in [9.17, 15) is 0 Å². The average molecular weight is 178 g/mol. The molecular formula is C12H18O. The van der Waals surface area contributed by atoms with Crippen LogP contribution in [0.2, 0.25) is 0 Å². The second kappa shape index (κ2) is 4.31. The first kappa shape index (κ1) is 10.1. The largest absolute Gasteiger partial charge is 0.496 e. The highest BCUT2D eigenvalue weighted by Gasteiger charge is 2.05. The van der Waals surface area contributed by atoms with Crippen LogP contribution in [-0.2, 0) is 6.42 Å². The summed E-state index contributed by atoms with van der Waals surface area (Å²) < 4.78 is 5.38. The van der Waals surface area contributed by atoms with Crippen molar-refractivity contribution >= 4 is 0 Å². The summed E-state index contributed by atoms with van der Waals surface area (Å²) in [7, 11) is 1.75. The van der Waals surface area contributed by atoms with Gasteiger partial charge in [0.2, 0.25) is 0 Å². The molecule has 72 valence electrons. The monoisotopic (exact) mass is 178 g/mol. The lowest BCUT2D eigenvalue weighted by Crippen LogP contribution is -1.95. The van der Waals surface area contributed by atoms with Gasteiger partial charge in [-0.1, -0.05) is 31.0 Å². The third-order valence-corrected chi connectivity index (χ3v) is 2.22. The third kappa shape index (κ3) is 2.24. The van der Waals surface area contributed by atoms with Crippen molar-refractivity contribution in [2.45, 2.75) is 33.6 Å². The van der Waals surface area contributed by atoms with Gasteiger partial charge in [0.15, 0.2) is 0 Å². The van der Waals surface area contributed by atoms with Crippen LogP contribution in [0.1, 0.15) is 30.0 Å². The molecule has 1 rings (SSSR count). The maximum atomic E-state index is 5.38. The number of ether oxygens (including phenoxy) is 1. The fourth-order valence-corrected chi connectivity index (χ4v) is 1.79. The molecule has 0 radical (unpaired) electrons. The number of hydrogen-bond acceptors (Lipinski definition) is 1. The molecule has 0 amide bonds. The minimum atomic E-state index is 1.06. The number of hydrogen-bond donors (Lipinski definition) is 0. The molecule has 0 aromatic heterocycles. The lowest BCUT2D eigenvalue weighted by atomic mass is 10.0. The van der Waals surface area contributed by atoms with Crippen LogP contribution in [-0.4, -0.2) is 7.11 Å². The molecule has 1 nitrogen and oxygen atoms in total. The van der Waals surface area contributed by atoms with Crippen molar-refractivity contribution in [2.75, 3.05) is 7.11 Å². The molecule has 0 aliphatic heterocycles. The van der Waals surface area contributed by atoms with Crippen molar-refractivity contribution in [1.82, 2.24) is 0 Å². The standard InChI is InChI=1S/C12H18O/c1-5-6-11-8-9(2)7-10(3)12(11)13-4/h7-8H,5-6H2,1-4H3. The molecule has 0 saturated carbocycles. The molecule has 0 spiro atoms. The first-order chi connectivity index (χ1) is 6.19. The Bertz CT molecular complexity index is 289. The zero-order valence-electron chi connectivity index (χ0n) is 8.98. The van der Waals surface area contributed by atoms with E-state index in [2.05, 4.69) is 32.9 Å². The van der Waals surface area contributed by atoms with Gasteiger partial charge in [-0.2, -0.15) is 0 Å². The summed E-state index contributed by atoms with van der Waals surface area (Å²) in [6, 6.07) is 4.38. The van der Waals surface area contributed by atoms with E-state index in [1.165, 1.54) is 23.1 Å². The Labute approximate surface area is 80.7 Å². The minimum absolute atomic E-state index is 1.06. The molecule has 0 fully saturated rings. The Hall–Kier alpha value is -0.980. The second-order valence-corrected chi connectivity index (χ2v) is 3.52. The van der Waals surface area contributed by atoms with Crippen molar-refractivity contribution in [3.63, 3.8) is 0 Å². The summed E-state index contributed by atoms with van der Waals surface area (Å²) in [5.74, 6) is 1.06. The molecule has 0 aliphatic rings. The molecule has 0 bridgehead atoms. The van der Waals surface area contributed by atoms with Crippen LogP contribution in [0.4, 0.5) is 0 Å². The average Bonchev–Trinajstić information content (AvgIpc) is 2.04. The van der Waals surface area contributed by atoms with E-state index in [1.807, 2.05) is 0 Å². The van der Waals surface area contributed by atoms with Gasteiger partial charge in [0.05, 0.1) is 7.11 Å². The second-order valence-electron chi connectivity index (χ2n) is 3.52. The van der Waals surface area contributed by atoms with Crippen molar-refractivity contribution in [3.05, 3.63) is 28.8 Å². The van der Waals surface area contributed by atoms with Crippen molar-refractivity contribution < 1.29 is 4.74 Å². The fraction of sp³-hybridized carbons (Fsp3) is 0.500. The summed E-state index contributed by atoms with van der Waals surface area (Å²) in [6.45, 7) is 6.42. The molecule has 1 aromatic rings. The zero-order valence-corrected chi connectivity index (χ0v) is 8.98. The maximum Gasteiger partial charge on any atom is 0.124 e. The number of aryl methyl sites for hydroxylation is 3. The van der Waals surface area contributed by atoms with Crippen LogP contribution >= 0.6 is 0 Å². The lowest BCUT2D eigenvalue weighted by Gasteiger charge is -2.11. The number of methoxy groups -OCH3 is 1. The van der Waals surface area contributed by atoms with Gasteiger partial charge in [-0.25, -0.2) is 0 Å². The predicted octanol–water partition coefficient (Wildman–Crippen LogP) is 3.26. The van der Waals surface area contributed by atoms with Gasteiger partial charge in [-0.15, -0.1) is 0 Å². The van der Waals surface area contributed by atoms with Crippen molar-refractivity contribution in [3.8, 4) is 5.75 Å². The highest BCUT2D eigenvalue weighted by atomic mass is 16.5. The van der Waals surface area contributed by atoms with Crippen LogP contribution in [0.15, 0.2) is 12.1 Å². The molecule has 1 heteroatoms. The Morgan fingerprint density at radius 3 is 2.46 bits per heavy atom. The summed E-state index contributed by atoms with van der Waals surface area (Å²) in [5, 5.41) is 0. The third-order valence-electron chi connectivity index (χ3n) is 2.22. The van der Waals surface area contributed by atoms with E-state index in [0.717, 1.165) is 12.2 Å². The Morgan fingerprint density at radius 2 is 1.92 bits per heavy atom. The summed E-state index contributed by atoms with van der Waals surface area (Å²) in [5.41, 5.74) is 3.90. The van der Waals surface area contributed by atoms with Gasteiger partial charge in [-0.05, 0) is 31.4 Å². The molecule has 0 saturated heterocycles. The van der Waals surface area contributed by atoms with Gasteiger partial charge in [0, 0.05) is 0 Å². The topological polar surface area (TPSA) is 9.23 Å². The van der Waals surface area contributed by atoms with Crippen LogP contribution in [0, 0.1) is 13.8 Å². The van der Waals surface area contributed by atoms with E-state index < -0.39 is 0 Å². The van der Waals surface area contributed by atoms with Crippen molar-refractivity contribution in [2.24, 2.45) is 0 Å². The molecule has 13 heavy (non-hydrogen) atoms.